The van der Waals surface area contributed by atoms with Crippen molar-refractivity contribution >= 4 is 12.2 Å². The lowest BCUT2D eigenvalue weighted by atomic mass is 9.76. The standard InChI is InChI=1S/C25H23F3N6O/c1-16-14-33(15-30-16)23-20(35-2)12-17(13-29-23)4-5-21-31-24-25(8-3-11-34(24)32-21)9-6-18(26)22(28)19(27)7-10-25/h4-7,9,12-15H,3,8,10-11H2,1-2H3/b5-4+,9-6+,19-7+,22-18-. The molecule has 1 aliphatic carbocycles. The van der Waals surface area contributed by atoms with Crippen molar-refractivity contribution in [2.75, 3.05) is 7.11 Å². The summed E-state index contributed by atoms with van der Waals surface area (Å²) in [4.78, 5) is 13.4. The molecule has 0 N–H and O–H groups in total. The number of halogens is 3. The number of hydrogen-bond acceptors (Lipinski definition) is 5. The molecule has 0 fully saturated rings. The molecule has 1 spiro atoms. The highest BCUT2D eigenvalue weighted by atomic mass is 19.2. The van der Waals surface area contributed by atoms with Crippen LogP contribution in [0.1, 0.15) is 42.2 Å². The smallest absolute Gasteiger partial charge is 0.194 e. The quantitative estimate of drug-likeness (QED) is 0.504. The molecule has 0 bridgehead atoms. The van der Waals surface area contributed by atoms with Crippen LogP contribution in [-0.4, -0.2) is 36.4 Å². The average Bonchev–Trinajstić information content (AvgIpc) is 3.50. The maximum Gasteiger partial charge on any atom is 0.194 e. The van der Waals surface area contributed by atoms with E-state index in [9.17, 15) is 13.2 Å². The Hall–Kier alpha value is -3.95. The third-order valence-corrected chi connectivity index (χ3v) is 6.19. The lowest BCUT2D eigenvalue weighted by molar-refractivity contribution is 0.342. The van der Waals surface area contributed by atoms with E-state index >= 15 is 0 Å². The van der Waals surface area contributed by atoms with E-state index in [1.165, 1.54) is 0 Å². The zero-order valence-electron chi connectivity index (χ0n) is 19.3. The minimum Gasteiger partial charge on any atom is -0.493 e. The first kappa shape index (κ1) is 22.8. The molecule has 10 heteroatoms. The number of rotatable bonds is 4. The van der Waals surface area contributed by atoms with Gasteiger partial charge in [0.15, 0.2) is 34.9 Å². The van der Waals surface area contributed by atoms with Crippen LogP contribution in [0.2, 0.25) is 0 Å². The van der Waals surface area contributed by atoms with Crippen LogP contribution in [0.3, 0.4) is 0 Å². The number of hydrogen-bond donors (Lipinski definition) is 0. The minimum atomic E-state index is -1.48. The molecule has 180 valence electrons. The Balaban J connectivity index is 1.44. The molecule has 0 radical (unpaired) electrons. The van der Waals surface area contributed by atoms with Gasteiger partial charge in [0, 0.05) is 18.9 Å². The number of aromatic nitrogens is 6. The number of nitrogens with zero attached hydrogens (tertiary/aromatic N) is 6. The summed E-state index contributed by atoms with van der Waals surface area (Å²) in [5.74, 6) is -1.65. The van der Waals surface area contributed by atoms with Crippen molar-refractivity contribution in [3.05, 3.63) is 83.4 Å². The molecule has 3 aromatic rings. The molecule has 7 nitrogen and oxygen atoms in total. The first-order valence-electron chi connectivity index (χ1n) is 11.2. The lowest BCUT2D eigenvalue weighted by Crippen LogP contribution is -2.33. The molecule has 0 aromatic carbocycles. The number of ether oxygens (including phenoxy) is 1. The van der Waals surface area contributed by atoms with Gasteiger partial charge in [0.05, 0.1) is 18.2 Å². The van der Waals surface area contributed by atoms with Crippen LogP contribution < -0.4 is 4.74 Å². The van der Waals surface area contributed by atoms with Gasteiger partial charge in [-0.15, -0.1) is 0 Å². The monoisotopic (exact) mass is 480 g/mol. The van der Waals surface area contributed by atoms with Gasteiger partial charge in [-0.05, 0) is 62.1 Å². The second-order valence-electron chi connectivity index (χ2n) is 8.58. The number of pyridine rings is 1. The van der Waals surface area contributed by atoms with E-state index in [0.29, 0.717) is 36.2 Å². The summed E-state index contributed by atoms with van der Waals surface area (Å²) in [6.07, 6.45) is 14.0. The maximum absolute atomic E-state index is 14.0. The molecule has 0 saturated heterocycles. The highest BCUT2D eigenvalue weighted by Crippen LogP contribution is 2.40. The molecule has 4 heterocycles. The zero-order chi connectivity index (χ0) is 24.6. The Labute approximate surface area is 200 Å². The summed E-state index contributed by atoms with van der Waals surface area (Å²) < 4.78 is 50.6. The van der Waals surface area contributed by atoms with E-state index in [1.54, 1.807) is 41.0 Å². The number of allylic oxidation sites excluding steroid dienone is 6. The summed E-state index contributed by atoms with van der Waals surface area (Å²) in [5, 5.41) is 4.56. The van der Waals surface area contributed by atoms with E-state index in [-0.39, 0.29) is 6.42 Å². The predicted octanol–water partition coefficient (Wildman–Crippen LogP) is 5.34. The van der Waals surface area contributed by atoms with E-state index in [1.807, 2.05) is 25.3 Å². The van der Waals surface area contributed by atoms with Crippen LogP contribution in [0.25, 0.3) is 18.0 Å². The highest BCUT2D eigenvalue weighted by Gasteiger charge is 2.38. The molecule has 35 heavy (non-hydrogen) atoms. The van der Waals surface area contributed by atoms with Crippen LogP contribution in [-0.2, 0) is 12.0 Å². The maximum atomic E-state index is 14.0. The summed E-state index contributed by atoms with van der Waals surface area (Å²) in [5.41, 5.74) is 0.886. The molecule has 0 amide bonds. The Kier molecular flexibility index (Phi) is 5.88. The second kappa shape index (κ2) is 9.01. The molecule has 3 aromatic heterocycles. The van der Waals surface area contributed by atoms with Crippen molar-refractivity contribution < 1.29 is 17.9 Å². The van der Waals surface area contributed by atoms with Gasteiger partial charge < -0.3 is 4.74 Å². The average molecular weight is 480 g/mol. The van der Waals surface area contributed by atoms with Crippen LogP contribution >= 0.6 is 0 Å². The molecule has 1 atom stereocenters. The molecule has 0 saturated carbocycles. The van der Waals surface area contributed by atoms with Crippen LogP contribution in [0.5, 0.6) is 5.75 Å². The van der Waals surface area contributed by atoms with Gasteiger partial charge in [-0.25, -0.2) is 32.8 Å². The van der Waals surface area contributed by atoms with E-state index in [2.05, 4.69) is 20.1 Å². The zero-order valence-corrected chi connectivity index (χ0v) is 19.3. The van der Waals surface area contributed by atoms with Gasteiger partial charge in [0.2, 0.25) is 0 Å². The number of imidazole rings is 1. The molecular weight excluding hydrogens is 457 g/mol. The van der Waals surface area contributed by atoms with Crippen molar-refractivity contribution in [3.63, 3.8) is 0 Å². The van der Waals surface area contributed by atoms with Crippen molar-refractivity contribution in [3.8, 4) is 11.6 Å². The van der Waals surface area contributed by atoms with Crippen LogP contribution in [0.15, 0.2) is 60.5 Å². The Bertz CT molecular complexity index is 1400. The van der Waals surface area contributed by atoms with Crippen molar-refractivity contribution in [2.24, 2.45) is 0 Å². The topological polar surface area (TPSA) is 70.7 Å². The molecule has 2 aliphatic rings. The summed E-state index contributed by atoms with van der Waals surface area (Å²) in [6, 6.07) is 1.85. The molecule has 1 unspecified atom stereocenters. The normalized spacial score (nSPS) is 24.7. The summed E-state index contributed by atoms with van der Waals surface area (Å²) in [6.45, 7) is 2.53. The fourth-order valence-corrected chi connectivity index (χ4v) is 4.41. The molecule has 1 aliphatic heterocycles. The van der Waals surface area contributed by atoms with Crippen LogP contribution in [0, 0.1) is 6.92 Å². The van der Waals surface area contributed by atoms with Gasteiger partial charge >= 0.3 is 0 Å². The fourth-order valence-electron chi connectivity index (χ4n) is 4.41. The SMILES string of the molecule is COc1cc(/C=C/c2nc3n(n2)CCCC32/C=C/C(F)=C(F)\C(F)=C/C2)cnc1-n1cnc(C)c1. The van der Waals surface area contributed by atoms with Gasteiger partial charge in [0.25, 0.3) is 0 Å². The van der Waals surface area contributed by atoms with Gasteiger partial charge in [0.1, 0.15) is 12.2 Å². The van der Waals surface area contributed by atoms with Gasteiger partial charge in [-0.1, -0.05) is 6.08 Å². The van der Waals surface area contributed by atoms with E-state index in [4.69, 9.17) is 4.74 Å². The Morgan fingerprint density at radius 2 is 2.03 bits per heavy atom. The predicted molar refractivity (Wildman–Crippen MR) is 125 cm³/mol. The Morgan fingerprint density at radius 1 is 1.17 bits per heavy atom. The van der Waals surface area contributed by atoms with E-state index < -0.39 is 22.9 Å². The van der Waals surface area contributed by atoms with Gasteiger partial charge in [-0.3, -0.25) is 4.57 Å². The van der Waals surface area contributed by atoms with Crippen molar-refractivity contribution in [2.45, 2.75) is 38.1 Å². The third-order valence-electron chi connectivity index (χ3n) is 6.19. The lowest BCUT2D eigenvalue weighted by Gasteiger charge is -2.33. The van der Waals surface area contributed by atoms with Crippen LogP contribution in [0.4, 0.5) is 13.2 Å². The minimum absolute atomic E-state index is 0.161. The number of fused-ring (bicyclic) bond motifs is 2. The second-order valence-corrected chi connectivity index (χ2v) is 8.58. The fraction of sp³-hybridized carbons (Fsp3) is 0.280. The first-order chi connectivity index (χ1) is 16.9. The molecule has 5 rings (SSSR count). The largest absolute Gasteiger partial charge is 0.493 e. The summed E-state index contributed by atoms with van der Waals surface area (Å²) in [7, 11) is 1.58. The van der Waals surface area contributed by atoms with Gasteiger partial charge in [-0.2, -0.15) is 5.10 Å². The third kappa shape index (κ3) is 4.31. The van der Waals surface area contributed by atoms with Crippen molar-refractivity contribution in [1.29, 1.82) is 0 Å². The first-order valence-corrected chi connectivity index (χ1v) is 11.2. The van der Waals surface area contributed by atoms with E-state index in [0.717, 1.165) is 29.8 Å². The molecular formula is C25H23F3N6O. The Morgan fingerprint density at radius 3 is 2.80 bits per heavy atom. The summed E-state index contributed by atoms with van der Waals surface area (Å²) >= 11 is 0. The van der Waals surface area contributed by atoms with Crippen molar-refractivity contribution in [1.82, 2.24) is 29.3 Å². The number of methoxy groups -OCH3 is 1. The highest BCUT2D eigenvalue weighted by molar-refractivity contribution is 5.67. The number of aryl methyl sites for hydroxylation is 2.